The van der Waals surface area contributed by atoms with Gasteiger partial charge in [0, 0.05) is 9.92 Å². The lowest BCUT2D eigenvalue weighted by atomic mass is 10.4. The van der Waals surface area contributed by atoms with Crippen molar-refractivity contribution in [1.29, 1.82) is 0 Å². The minimum Gasteiger partial charge on any atom is -0.382 e. The molecule has 0 aliphatic rings. The van der Waals surface area contributed by atoms with Gasteiger partial charge in [0.1, 0.15) is 22.2 Å². The standard InChI is InChI=1S/C10H7Cl2N3S/c11-6-1-3-7(4-2-6)16-10-8(12)9(13)14-5-15-10/h1-5H,(H2,13,14,15). The topological polar surface area (TPSA) is 51.8 Å². The summed E-state index contributed by atoms with van der Waals surface area (Å²) in [6, 6.07) is 7.40. The highest BCUT2D eigenvalue weighted by atomic mass is 35.5. The molecule has 0 fully saturated rings. The van der Waals surface area contributed by atoms with Crippen LogP contribution in [0.2, 0.25) is 10.0 Å². The zero-order chi connectivity index (χ0) is 11.5. The molecule has 16 heavy (non-hydrogen) atoms. The Morgan fingerprint density at radius 1 is 1.06 bits per heavy atom. The molecule has 0 spiro atoms. The molecule has 0 bridgehead atoms. The van der Waals surface area contributed by atoms with Gasteiger partial charge in [0.25, 0.3) is 0 Å². The Morgan fingerprint density at radius 3 is 2.44 bits per heavy atom. The molecule has 2 N–H and O–H groups in total. The maximum Gasteiger partial charge on any atom is 0.146 e. The molecule has 0 saturated carbocycles. The lowest BCUT2D eigenvalue weighted by molar-refractivity contribution is 1.05. The van der Waals surface area contributed by atoms with E-state index >= 15 is 0 Å². The Balaban J connectivity index is 2.27. The second-order valence-corrected chi connectivity index (χ2v) is 4.81. The fourth-order valence-electron chi connectivity index (χ4n) is 1.05. The molecule has 1 heterocycles. The van der Waals surface area contributed by atoms with Gasteiger partial charge >= 0.3 is 0 Å². The van der Waals surface area contributed by atoms with Crippen molar-refractivity contribution in [2.45, 2.75) is 9.92 Å². The minimum atomic E-state index is 0.285. The Kier molecular flexibility index (Phi) is 3.53. The van der Waals surface area contributed by atoms with Crippen molar-refractivity contribution in [3.8, 4) is 0 Å². The van der Waals surface area contributed by atoms with Crippen LogP contribution < -0.4 is 5.73 Å². The molecule has 0 unspecified atom stereocenters. The maximum atomic E-state index is 5.98. The molecule has 0 aliphatic heterocycles. The van der Waals surface area contributed by atoms with Crippen LogP contribution in [-0.2, 0) is 0 Å². The molecule has 82 valence electrons. The summed E-state index contributed by atoms with van der Waals surface area (Å²) in [6.45, 7) is 0. The molecule has 0 radical (unpaired) electrons. The second kappa shape index (κ2) is 4.91. The average molecular weight is 272 g/mol. The molecule has 0 atom stereocenters. The number of benzene rings is 1. The lowest BCUT2D eigenvalue weighted by Crippen LogP contribution is -1.94. The van der Waals surface area contributed by atoms with E-state index in [9.17, 15) is 0 Å². The predicted molar refractivity (Wildman–Crippen MR) is 67.0 cm³/mol. The van der Waals surface area contributed by atoms with Gasteiger partial charge in [-0.1, -0.05) is 35.0 Å². The first-order chi connectivity index (χ1) is 7.66. The minimum absolute atomic E-state index is 0.285. The number of nitrogens with zero attached hydrogens (tertiary/aromatic N) is 2. The van der Waals surface area contributed by atoms with Crippen molar-refractivity contribution >= 4 is 40.8 Å². The average Bonchev–Trinajstić information content (AvgIpc) is 2.28. The summed E-state index contributed by atoms with van der Waals surface area (Å²) in [7, 11) is 0. The van der Waals surface area contributed by atoms with Crippen molar-refractivity contribution in [2.75, 3.05) is 5.73 Å². The largest absolute Gasteiger partial charge is 0.382 e. The molecule has 2 rings (SSSR count). The Bertz CT molecular complexity index is 502. The molecular formula is C10H7Cl2N3S. The van der Waals surface area contributed by atoms with E-state index < -0.39 is 0 Å². The van der Waals surface area contributed by atoms with Crippen molar-refractivity contribution < 1.29 is 0 Å². The van der Waals surface area contributed by atoms with Crippen LogP contribution in [0.15, 0.2) is 40.5 Å². The number of nitrogen functional groups attached to an aromatic ring is 1. The number of hydrogen-bond donors (Lipinski definition) is 1. The van der Waals surface area contributed by atoms with Gasteiger partial charge in [0.2, 0.25) is 0 Å². The molecule has 0 amide bonds. The number of halogens is 2. The number of hydrogen-bond acceptors (Lipinski definition) is 4. The molecule has 6 heteroatoms. The smallest absolute Gasteiger partial charge is 0.146 e. The van der Waals surface area contributed by atoms with Crippen LogP contribution in [0.3, 0.4) is 0 Å². The lowest BCUT2D eigenvalue weighted by Gasteiger charge is -2.04. The SMILES string of the molecule is Nc1ncnc(Sc2ccc(Cl)cc2)c1Cl. The first-order valence-electron chi connectivity index (χ1n) is 4.36. The van der Waals surface area contributed by atoms with Crippen LogP contribution in [0.25, 0.3) is 0 Å². The monoisotopic (exact) mass is 271 g/mol. The van der Waals surface area contributed by atoms with E-state index in [4.69, 9.17) is 28.9 Å². The summed E-state index contributed by atoms with van der Waals surface area (Å²) >= 11 is 13.2. The molecular weight excluding hydrogens is 265 g/mol. The van der Waals surface area contributed by atoms with Crippen LogP contribution in [0.5, 0.6) is 0 Å². The van der Waals surface area contributed by atoms with E-state index in [1.54, 1.807) is 0 Å². The number of nitrogens with two attached hydrogens (primary N) is 1. The highest BCUT2D eigenvalue weighted by Gasteiger charge is 2.07. The molecule has 1 aromatic carbocycles. The fourth-order valence-corrected chi connectivity index (χ4v) is 2.18. The first kappa shape index (κ1) is 11.5. The predicted octanol–water partition coefficient (Wildman–Crippen LogP) is 3.52. The highest BCUT2D eigenvalue weighted by Crippen LogP contribution is 2.33. The van der Waals surface area contributed by atoms with Crippen LogP contribution in [-0.4, -0.2) is 9.97 Å². The Morgan fingerprint density at radius 2 is 1.75 bits per heavy atom. The Hall–Kier alpha value is -0.970. The highest BCUT2D eigenvalue weighted by molar-refractivity contribution is 7.99. The number of rotatable bonds is 2. The van der Waals surface area contributed by atoms with Gasteiger partial charge in [0.05, 0.1) is 0 Å². The Labute approximate surface area is 107 Å². The zero-order valence-electron chi connectivity index (χ0n) is 8.02. The van der Waals surface area contributed by atoms with E-state index in [0.717, 1.165) is 4.90 Å². The van der Waals surface area contributed by atoms with Crippen LogP contribution in [0, 0.1) is 0 Å². The summed E-state index contributed by atoms with van der Waals surface area (Å²) in [5, 5.41) is 1.71. The van der Waals surface area contributed by atoms with Gasteiger partial charge in [-0.15, -0.1) is 0 Å². The van der Waals surface area contributed by atoms with E-state index in [1.807, 2.05) is 24.3 Å². The molecule has 2 aromatic rings. The van der Waals surface area contributed by atoms with E-state index in [2.05, 4.69) is 9.97 Å². The van der Waals surface area contributed by atoms with E-state index in [0.29, 0.717) is 15.1 Å². The van der Waals surface area contributed by atoms with Crippen molar-refractivity contribution in [3.63, 3.8) is 0 Å². The third kappa shape index (κ3) is 2.58. The summed E-state index contributed by atoms with van der Waals surface area (Å²) < 4.78 is 0. The van der Waals surface area contributed by atoms with Crippen LogP contribution in [0.4, 0.5) is 5.82 Å². The number of aromatic nitrogens is 2. The van der Waals surface area contributed by atoms with E-state index in [-0.39, 0.29) is 5.82 Å². The van der Waals surface area contributed by atoms with Gasteiger partial charge in [0.15, 0.2) is 0 Å². The summed E-state index contributed by atoms with van der Waals surface area (Å²) in [5.41, 5.74) is 5.58. The number of anilines is 1. The van der Waals surface area contributed by atoms with Gasteiger partial charge < -0.3 is 5.73 Å². The normalized spacial score (nSPS) is 10.4. The summed E-state index contributed by atoms with van der Waals surface area (Å²) in [5.74, 6) is 0.285. The van der Waals surface area contributed by atoms with Crippen molar-refractivity contribution in [3.05, 3.63) is 40.6 Å². The third-order valence-corrected chi connectivity index (χ3v) is 3.56. The summed E-state index contributed by atoms with van der Waals surface area (Å²) in [6.07, 6.45) is 1.39. The first-order valence-corrected chi connectivity index (χ1v) is 5.93. The van der Waals surface area contributed by atoms with Gasteiger partial charge in [-0.05, 0) is 24.3 Å². The molecule has 1 aromatic heterocycles. The quantitative estimate of drug-likeness (QED) is 0.850. The van der Waals surface area contributed by atoms with Gasteiger partial charge in [-0.25, -0.2) is 9.97 Å². The fraction of sp³-hybridized carbons (Fsp3) is 0. The van der Waals surface area contributed by atoms with Crippen molar-refractivity contribution in [1.82, 2.24) is 9.97 Å². The zero-order valence-corrected chi connectivity index (χ0v) is 10.4. The van der Waals surface area contributed by atoms with E-state index in [1.165, 1.54) is 18.1 Å². The third-order valence-electron chi connectivity index (χ3n) is 1.81. The van der Waals surface area contributed by atoms with Crippen LogP contribution >= 0.6 is 35.0 Å². The van der Waals surface area contributed by atoms with Crippen LogP contribution in [0.1, 0.15) is 0 Å². The molecule has 3 nitrogen and oxygen atoms in total. The van der Waals surface area contributed by atoms with Crippen molar-refractivity contribution in [2.24, 2.45) is 0 Å². The maximum absolute atomic E-state index is 5.98. The second-order valence-electron chi connectivity index (χ2n) is 2.93. The molecule has 0 aliphatic carbocycles. The summed E-state index contributed by atoms with van der Waals surface area (Å²) in [4.78, 5) is 8.85. The van der Waals surface area contributed by atoms with Gasteiger partial charge in [-0.2, -0.15) is 0 Å². The molecule has 0 saturated heterocycles. The van der Waals surface area contributed by atoms with Gasteiger partial charge in [-0.3, -0.25) is 0 Å².